The van der Waals surface area contributed by atoms with E-state index in [9.17, 15) is 9.59 Å². The Morgan fingerprint density at radius 3 is 2.29 bits per heavy atom. The second kappa shape index (κ2) is 8.45. The fourth-order valence-corrected chi connectivity index (χ4v) is 2.14. The number of hydrogen-bond acceptors (Lipinski definition) is 3. The van der Waals surface area contributed by atoms with Crippen molar-refractivity contribution in [2.24, 2.45) is 11.8 Å². The summed E-state index contributed by atoms with van der Waals surface area (Å²) in [4.78, 5) is 25.7. The monoisotopic (exact) mass is 291 g/mol. The molecule has 0 heterocycles. The maximum atomic E-state index is 12.4. The first-order chi connectivity index (χ1) is 9.93. The van der Waals surface area contributed by atoms with E-state index >= 15 is 0 Å². The summed E-state index contributed by atoms with van der Waals surface area (Å²) >= 11 is 0. The van der Waals surface area contributed by atoms with Gasteiger partial charge in [-0.25, -0.2) is 0 Å². The van der Waals surface area contributed by atoms with Gasteiger partial charge < -0.3 is 9.64 Å². The van der Waals surface area contributed by atoms with Crippen LogP contribution in [0.25, 0.3) is 0 Å². The molecule has 1 rings (SSSR count). The topological polar surface area (TPSA) is 46.6 Å². The molecule has 0 aliphatic heterocycles. The number of amides is 1. The molecule has 1 unspecified atom stereocenters. The quantitative estimate of drug-likeness (QED) is 0.726. The minimum atomic E-state index is -0.324. The molecule has 4 heteroatoms. The van der Waals surface area contributed by atoms with Crippen LogP contribution in [0.15, 0.2) is 30.3 Å². The number of methoxy groups -OCH3 is 1. The van der Waals surface area contributed by atoms with Gasteiger partial charge >= 0.3 is 5.97 Å². The summed E-state index contributed by atoms with van der Waals surface area (Å²) in [6.07, 6.45) is 0.487. The highest BCUT2D eigenvalue weighted by Gasteiger charge is 2.22. The molecule has 0 N–H and O–H groups in total. The van der Waals surface area contributed by atoms with Gasteiger partial charge in [0.05, 0.1) is 13.0 Å². The summed E-state index contributed by atoms with van der Waals surface area (Å²) in [5.41, 5.74) is 1.06. The van der Waals surface area contributed by atoms with Gasteiger partial charge in [-0.15, -0.1) is 0 Å². The van der Waals surface area contributed by atoms with E-state index in [-0.39, 0.29) is 17.8 Å². The maximum Gasteiger partial charge on any atom is 0.310 e. The summed E-state index contributed by atoms with van der Waals surface area (Å²) in [7, 11) is 1.37. The van der Waals surface area contributed by atoms with Gasteiger partial charge in [-0.2, -0.15) is 0 Å². The number of carbonyl (C=O) groups is 2. The normalized spacial score (nSPS) is 12.0. The number of carbonyl (C=O) groups excluding carboxylic acids is 2. The van der Waals surface area contributed by atoms with Crippen LogP contribution < -0.4 is 0 Å². The maximum absolute atomic E-state index is 12.4. The predicted molar refractivity (Wildman–Crippen MR) is 82.5 cm³/mol. The van der Waals surface area contributed by atoms with Crippen LogP contribution in [0, 0.1) is 11.8 Å². The van der Waals surface area contributed by atoms with Crippen molar-refractivity contribution in [1.82, 2.24) is 4.90 Å². The number of esters is 1. The van der Waals surface area contributed by atoms with Crippen LogP contribution >= 0.6 is 0 Å². The lowest BCUT2D eigenvalue weighted by Gasteiger charge is -2.26. The molecule has 21 heavy (non-hydrogen) atoms. The van der Waals surface area contributed by atoms with E-state index in [0.29, 0.717) is 25.4 Å². The Hall–Kier alpha value is -1.84. The number of rotatable bonds is 7. The van der Waals surface area contributed by atoms with Gasteiger partial charge in [0.1, 0.15) is 0 Å². The van der Waals surface area contributed by atoms with Crippen LogP contribution in [0.3, 0.4) is 0 Å². The van der Waals surface area contributed by atoms with Crippen molar-refractivity contribution in [3.05, 3.63) is 35.9 Å². The zero-order chi connectivity index (χ0) is 15.8. The van der Waals surface area contributed by atoms with Crippen LogP contribution in [0.5, 0.6) is 0 Å². The molecule has 0 saturated carbocycles. The third-order valence-electron chi connectivity index (χ3n) is 3.25. The molecule has 0 radical (unpaired) electrons. The van der Waals surface area contributed by atoms with Gasteiger partial charge in [-0.3, -0.25) is 9.59 Å². The smallest absolute Gasteiger partial charge is 0.310 e. The SMILES string of the molecule is COC(=O)C(C)CN(Cc1ccccc1)C(=O)CC(C)C. The summed E-state index contributed by atoms with van der Waals surface area (Å²) in [6, 6.07) is 9.81. The molecule has 4 nitrogen and oxygen atoms in total. The van der Waals surface area contributed by atoms with Crippen LogP contribution in [-0.4, -0.2) is 30.4 Å². The molecule has 0 aliphatic rings. The second-order valence-electron chi connectivity index (χ2n) is 5.78. The predicted octanol–water partition coefficient (Wildman–Crippen LogP) is 2.87. The molecule has 0 spiro atoms. The Morgan fingerprint density at radius 2 is 1.76 bits per heavy atom. The Kier molecular flexibility index (Phi) is 6.92. The first-order valence-corrected chi connectivity index (χ1v) is 7.33. The fourth-order valence-electron chi connectivity index (χ4n) is 2.14. The van der Waals surface area contributed by atoms with Gasteiger partial charge in [0.2, 0.25) is 5.91 Å². The average Bonchev–Trinajstić information content (AvgIpc) is 2.45. The van der Waals surface area contributed by atoms with Crippen molar-refractivity contribution >= 4 is 11.9 Å². The highest BCUT2D eigenvalue weighted by Crippen LogP contribution is 2.12. The average molecular weight is 291 g/mol. The van der Waals surface area contributed by atoms with Crippen molar-refractivity contribution in [1.29, 1.82) is 0 Å². The van der Waals surface area contributed by atoms with E-state index in [1.165, 1.54) is 7.11 Å². The highest BCUT2D eigenvalue weighted by atomic mass is 16.5. The molecular weight excluding hydrogens is 266 g/mol. The van der Waals surface area contributed by atoms with E-state index in [4.69, 9.17) is 4.74 Å². The summed E-state index contributed by atoms with van der Waals surface area (Å²) in [5.74, 6) is -0.242. The van der Waals surface area contributed by atoms with E-state index in [1.807, 2.05) is 44.2 Å². The molecule has 0 fully saturated rings. The summed E-state index contributed by atoms with van der Waals surface area (Å²) < 4.78 is 4.75. The lowest BCUT2D eigenvalue weighted by molar-refractivity contribution is -0.146. The van der Waals surface area contributed by atoms with Crippen molar-refractivity contribution in [2.45, 2.75) is 33.7 Å². The minimum absolute atomic E-state index is 0.0737. The first kappa shape index (κ1) is 17.2. The molecular formula is C17H25NO3. The summed E-state index contributed by atoms with van der Waals surface area (Å²) in [5, 5.41) is 0. The lowest BCUT2D eigenvalue weighted by Crippen LogP contribution is -2.37. The van der Waals surface area contributed by atoms with Crippen LogP contribution in [0.1, 0.15) is 32.8 Å². The van der Waals surface area contributed by atoms with Crippen molar-refractivity contribution in [3.8, 4) is 0 Å². The number of benzene rings is 1. The lowest BCUT2D eigenvalue weighted by atomic mass is 10.1. The molecule has 1 aromatic rings. The first-order valence-electron chi connectivity index (χ1n) is 7.33. The number of hydrogen-bond donors (Lipinski definition) is 0. The van der Waals surface area contributed by atoms with Crippen LogP contribution in [0.4, 0.5) is 0 Å². The van der Waals surface area contributed by atoms with E-state index in [0.717, 1.165) is 5.56 Å². The van der Waals surface area contributed by atoms with E-state index in [2.05, 4.69) is 0 Å². The van der Waals surface area contributed by atoms with Crippen molar-refractivity contribution in [3.63, 3.8) is 0 Å². The van der Waals surface area contributed by atoms with Crippen LogP contribution in [0.2, 0.25) is 0 Å². The molecule has 1 aromatic carbocycles. The standard InChI is InChI=1S/C17H25NO3/c1-13(2)10-16(19)18(11-14(3)17(20)21-4)12-15-8-6-5-7-9-15/h5-9,13-14H,10-12H2,1-4H3. The molecule has 1 atom stereocenters. The molecule has 116 valence electrons. The van der Waals surface area contributed by atoms with Gasteiger partial charge in [-0.1, -0.05) is 51.1 Å². The Morgan fingerprint density at radius 1 is 1.14 bits per heavy atom. The third-order valence-corrected chi connectivity index (χ3v) is 3.25. The Bertz CT molecular complexity index is 456. The zero-order valence-corrected chi connectivity index (χ0v) is 13.3. The van der Waals surface area contributed by atoms with E-state index in [1.54, 1.807) is 11.8 Å². The molecule has 0 aromatic heterocycles. The fraction of sp³-hybridized carbons (Fsp3) is 0.529. The van der Waals surface area contributed by atoms with Crippen molar-refractivity contribution < 1.29 is 14.3 Å². The van der Waals surface area contributed by atoms with Crippen LogP contribution in [-0.2, 0) is 20.9 Å². The number of ether oxygens (including phenoxy) is 1. The van der Waals surface area contributed by atoms with Gasteiger partial charge in [0.15, 0.2) is 0 Å². The minimum Gasteiger partial charge on any atom is -0.469 e. The second-order valence-corrected chi connectivity index (χ2v) is 5.78. The largest absolute Gasteiger partial charge is 0.469 e. The van der Waals surface area contributed by atoms with Gasteiger partial charge in [0.25, 0.3) is 0 Å². The van der Waals surface area contributed by atoms with E-state index < -0.39 is 0 Å². The Balaban J connectivity index is 2.79. The van der Waals surface area contributed by atoms with Gasteiger partial charge in [0, 0.05) is 19.5 Å². The molecule has 0 saturated heterocycles. The summed E-state index contributed by atoms with van der Waals surface area (Å²) in [6.45, 7) is 6.72. The van der Waals surface area contributed by atoms with Gasteiger partial charge in [-0.05, 0) is 11.5 Å². The zero-order valence-electron chi connectivity index (χ0n) is 13.3. The molecule has 1 amide bonds. The highest BCUT2D eigenvalue weighted by molar-refractivity contribution is 5.78. The molecule has 0 bridgehead atoms. The number of nitrogens with zero attached hydrogens (tertiary/aromatic N) is 1. The Labute approximate surface area is 127 Å². The molecule has 0 aliphatic carbocycles. The third kappa shape index (κ3) is 5.98. The van der Waals surface area contributed by atoms with Crippen molar-refractivity contribution in [2.75, 3.05) is 13.7 Å².